The Morgan fingerprint density at radius 3 is 2.07 bits per heavy atom. The van der Waals surface area contributed by atoms with Crippen LogP contribution in [0, 0.1) is 5.92 Å². The molecule has 156 valence electrons. The van der Waals surface area contributed by atoms with Gasteiger partial charge in [-0.15, -0.1) is 0 Å². The summed E-state index contributed by atoms with van der Waals surface area (Å²) in [6, 6.07) is 10.7. The van der Waals surface area contributed by atoms with Gasteiger partial charge in [-0.2, -0.15) is 0 Å². The second kappa shape index (κ2) is 15.1. The topological polar surface area (TPSA) is 18.5 Å². The Balaban J connectivity index is 2.87. The maximum Gasteiger partial charge on any atom is 0.175 e. The number of ether oxygens (including phenoxy) is 2. The van der Waals surface area contributed by atoms with Crippen molar-refractivity contribution in [3.63, 3.8) is 0 Å². The Morgan fingerprint density at radius 2 is 1.44 bits per heavy atom. The molecule has 0 heterocycles. The molecule has 0 saturated heterocycles. The summed E-state index contributed by atoms with van der Waals surface area (Å²) in [5.74, 6) is -0.0219. The van der Waals surface area contributed by atoms with Crippen molar-refractivity contribution in [3.05, 3.63) is 35.9 Å². The van der Waals surface area contributed by atoms with E-state index in [0.717, 1.165) is 19.4 Å². The molecule has 2 heteroatoms. The quantitative estimate of drug-likeness (QED) is 0.206. The van der Waals surface area contributed by atoms with Crippen molar-refractivity contribution in [3.8, 4) is 0 Å². The van der Waals surface area contributed by atoms with E-state index in [-0.39, 0.29) is 0 Å². The van der Waals surface area contributed by atoms with E-state index in [0.29, 0.717) is 12.5 Å². The fraction of sp³-hybridized carbons (Fsp3) is 0.760. The zero-order valence-electron chi connectivity index (χ0n) is 18.5. The van der Waals surface area contributed by atoms with E-state index in [4.69, 9.17) is 9.47 Å². The Labute approximate surface area is 169 Å². The largest absolute Gasteiger partial charge is 0.350 e. The first-order chi connectivity index (χ1) is 13.2. The normalized spacial score (nSPS) is 14.8. The molecule has 2 nitrogen and oxygen atoms in total. The van der Waals surface area contributed by atoms with E-state index < -0.39 is 5.79 Å². The van der Waals surface area contributed by atoms with Crippen LogP contribution < -0.4 is 0 Å². The summed E-state index contributed by atoms with van der Waals surface area (Å²) in [6.07, 6.45) is 13.5. The van der Waals surface area contributed by atoms with Gasteiger partial charge in [0.1, 0.15) is 0 Å². The third-order valence-corrected chi connectivity index (χ3v) is 5.40. The van der Waals surface area contributed by atoms with Crippen LogP contribution in [0.1, 0.15) is 97.5 Å². The van der Waals surface area contributed by atoms with Gasteiger partial charge in [0, 0.05) is 25.6 Å². The van der Waals surface area contributed by atoms with E-state index in [2.05, 4.69) is 58.0 Å². The van der Waals surface area contributed by atoms with Crippen LogP contribution >= 0.6 is 0 Å². The van der Waals surface area contributed by atoms with Gasteiger partial charge in [0.2, 0.25) is 0 Å². The molecule has 1 aromatic carbocycles. The van der Waals surface area contributed by atoms with Gasteiger partial charge in [-0.25, -0.2) is 0 Å². The molecule has 1 aromatic rings. The maximum absolute atomic E-state index is 6.51. The summed E-state index contributed by atoms with van der Waals surface area (Å²) in [5, 5.41) is 0. The Morgan fingerprint density at radius 1 is 0.741 bits per heavy atom. The molecule has 0 aromatic heterocycles. The molecule has 2 unspecified atom stereocenters. The molecule has 0 amide bonds. The van der Waals surface area contributed by atoms with Gasteiger partial charge in [0.25, 0.3) is 0 Å². The smallest absolute Gasteiger partial charge is 0.175 e. The number of benzene rings is 1. The van der Waals surface area contributed by atoms with Gasteiger partial charge in [0.05, 0.1) is 0 Å². The highest BCUT2D eigenvalue weighted by atomic mass is 16.7. The fourth-order valence-electron chi connectivity index (χ4n) is 4.03. The fourth-order valence-corrected chi connectivity index (χ4v) is 4.03. The molecule has 0 N–H and O–H groups in total. The third-order valence-electron chi connectivity index (χ3n) is 5.40. The minimum absolute atomic E-state index is 0.459. The first-order valence-corrected chi connectivity index (χ1v) is 11.5. The summed E-state index contributed by atoms with van der Waals surface area (Å²) >= 11 is 0. The highest BCUT2D eigenvalue weighted by Gasteiger charge is 2.40. The lowest BCUT2D eigenvalue weighted by Crippen LogP contribution is -2.46. The van der Waals surface area contributed by atoms with Crippen molar-refractivity contribution in [1.29, 1.82) is 0 Å². The number of rotatable bonds is 17. The number of hydrogen-bond acceptors (Lipinski definition) is 2. The van der Waals surface area contributed by atoms with Crippen molar-refractivity contribution in [1.82, 2.24) is 0 Å². The highest BCUT2D eigenvalue weighted by Crippen LogP contribution is 2.36. The highest BCUT2D eigenvalue weighted by molar-refractivity contribution is 5.17. The maximum atomic E-state index is 6.51. The molecule has 27 heavy (non-hydrogen) atoms. The Hall–Kier alpha value is -0.860. The van der Waals surface area contributed by atoms with E-state index in [1.807, 2.05) is 0 Å². The average molecular weight is 377 g/mol. The van der Waals surface area contributed by atoms with Crippen LogP contribution in [-0.4, -0.2) is 19.0 Å². The lowest BCUT2D eigenvalue weighted by molar-refractivity contribution is -0.267. The number of hydrogen-bond donors (Lipinski definition) is 0. The van der Waals surface area contributed by atoms with Gasteiger partial charge in [0.15, 0.2) is 5.79 Å². The predicted molar refractivity (Wildman–Crippen MR) is 117 cm³/mol. The molecule has 0 radical (unpaired) electrons. The molecular weight excluding hydrogens is 332 g/mol. The van der Waals surface area contributed by atoms with Crippen LogP contribution in [0.2, 0.25) is 0 Å². The van der Waals surface area contributed by atoms with Crippen LogP contribution in [0.25, 0.3) is 0 Å². The summed E-state index contributed by atoms with van der Waals surface area (Å²) in [5.41, 5.74) is 1.31. The van der Waals surface area contributed by atoms with E-state index in [1.54, 1.807) is 0 Å². The van der Waals surface area contributed by atoms with Gasteiger partial charge in [-0.1, -0.05) is 96.0 Å². The molecule has 0 aliphatic rings. The van der Waals surface area contributed by atoms with Crippen molar-refractivity contribution >= 4 is 0 Å². The molecular formula is C25H44O2. The number of unbranched alkanes of at least 4 members (excludes halogenated alkanes) is 5. The van der Waals surface area contributed by atoms with Crippen molar-refractivity contribution in [2.45, 2.75) is 104 Å². The summed E-state index contributed by atoms with van der Waals surface area (Å²) in [7, 11) is 0. The Bertz CT molecular complexity index is 445. The van der Waals surface area contributed by atoms with Crippen LogP contribution in [-0.2, 0) is 15.9 Å². The zero-order chi connectivity index (χ0) is 19.8. The SMILES string of the molecule is CCCCCCCCC(CCC)C(Cc1ccccc1)(OCC)OCCC. The zero-order valence-corrected chi connectivity index (χ0v) is 18.5. The second-order valence-electron chi connectivity index (χ2n) is 7.80. The summed E-state index contributed by atoms with van der Waals surface area (Å²) < 4.78 is 12.9. The third kappa shape index (κ3) is 9.25. The van der Waals surface area contributed by atoms with Crippen molar-refractivity contribution < 1.29 is 9.47 Å². The predicted octanol–water partition coefficient (Wildman–Crippen LogP) is 7.56. The minimum Gasteiger partial charge on any atom is -0.350 e. The first kappa shape index (κ1) is 24.2. The summed E-state index contributed by atoms with van der Waals surface area (Å²) in [6.45, 7) is 10.3. The average Bonchev–Trinajstić information content (AvgIpc) is 2.69. The molecule has 2 atom stereocenters. The molecule has 0 fully saturated rings. The lowest BCUT2D eigenvalue weighted by atomic mass is 9.84. The molecule has 0 aliphatic carbocycles. The van der Waals surface area contributed by atoms with Gasteiger partial charge in [-0.05, 0) is 31.7 Å². The first-order valence-electron chi connectivity index (χ1n) is 11.5. The Kier molecular flexibility index (Phi) is 13.5. The van der Waals surface area contributed by atoms with Crippen LogP contribution in [0.5, 0.6) is 0 Å². The van der Waals surface area contributed by atoms with E-state index >= 15 is 0 Å². The van der Waals surface area contributed by atoms with Crippen LogP contribution in [0.3, 0.4) is 0 Å². The molecule has 0 saturated carbocycles. The van der Waals surface area contributed by atoms with E-state index in [1.165, 1.54) is 63.4 Å². The van der Waals surface area contributed by atoms with Crippen LogP contribution in [0.15, 0.2) is 30.3 Å². The second-order valence-corrected chi connectivity index (χ2v) is 7.80. The monoisotopic (exact) mass is 376 g/mol. The lowest BCUT2D eigenvalue weighted by Gasteiger charge is -2.41. The van der Waals surface area contributed by atoms with Crippen molar-refractivity contribution in [2.24, 2.45) is 5.92 Å². The van der Waals surface area contributed by atoms with E-state index in [9.17, 15) is 0 Å². The molecule has 0 bridgehead atoms. The molecule has 1 rings (SSSR count). The minimum atomic E-state index is -0.481. The van der Waals surface area contributed by atoms with Gasteiger partial charge in [-0.3, -0.25) is 0 Å². The molecule has 0 aliphatic heterocycles. The van der Waals surface area contributed by atoms with Crippen molar-refractivity contribution in [2.75, 3.05) is 13.2 Å². The summed E-state index contributed by atoms with van der Waals surface area (Å²) in [4.78, 5) is 0. The standard InChI is InChI=1S/C25H44O2/c1-5-9-10-11-12-16-20-24(17-6-2)25(26-8-4,27-21-7-3)22-23-18-14-13-15-19-23/h13-15,18-19,24H,5-12,16-17,20-22H2,1-4H3. The van der Waals surface area contributed by atoms with Gasteiger partial charge >= 0.3 is 0 Å². The van der Waals surface area contributed by atoms with Gasteiger partial charge < -0.3 is 9.47 Å². The molecule has 0 spiro atoms. The van der Waals surface area contributed by atoms with Crippen LogP contribution in [0.4, 0.5) is 0 Å².